The third kappa shape index (κ3) is 5.44. The topological polar surface area (TPSA) is 50.7 Å². The monoisotopic (exact) mass is 286 g/mol. The predicted octanol–water partition coefficient (Wildman–Crippen LogP) is 2.49. The van der Waals surface area contributed by atoms with E-state index in [2.05, 4.69) is 10.5 Å². The van der Waals surface area contributed by atoms with Crippen LogP contribution in [0.5, 0.6) is 0 Å². The second-order valence-electron chi connectivity index (χ2n) is 4.32. The van der Waals surface area contributed by atoms with Crippen LogP contribution in [-0.4, -0.2) is 18.7 Å². The summed E-state index contributed by atoms with van der Waals surface area (Å²) < 4.78 is 12.7. The fraction of sp³-hybridized carbons (Fsp3) is 0.125. The maximum Gasteiger partial charge on any atom is 0.261 e. The molecule has 5 heteroatoms. The van der Waals surface area contributed by atoms with Crippen LogP contribution in [0.25, 0.3) is 0 Å². The third-order valence-corrected chi connectivity index (χ3v) is 2.67. The van der Waals surface area contributed by atoms with E-state index in [1.807, 2.05) is 30.3 Å². The number of carbonyl (C=O) groups excluding carboxylic acids is 1. The summed E-state index contributed by atoms with van der Waals surface area (Å²) in [6, 6.07) is 15.4. The number of halogens is 1. The Morgan fingerprint density at radius 3 is 2.57 bits per heavy atom. The fourth-order valence-electron chi connectivity index (χ4n) is 1.59. The van der Waals surface area contributed by atoms with Crippen molar-refractivity contribution in [3.63, 3.8) is 0 Å². The molecule has 0 bridgehead atoms. The standard InChI is InChI=1S/C16H15FN2O2/c17-15-8-6-14(7-9-15)10-18-16(20)12-21-19-11-13-4-2-1-3-5-13/h1-9,11H,10,12H2,(H,18,20)/b19-11-. The van der Waals surface area contributed by atoms with E-state index in [-0.39, 0.29) is 18.3 Å². The highest BCUT2D eigenvalue weighted by Crippen LogP contribution is 2.01. The van der Waals surface area contributed by atoms with Gasteiger partial charge in [-0.15, -0.1) is 0 Å². The highest BCUT2D eigenvalue weighted by atomic mass is 19.1. The molecule has 0 atom stereocenters. The van der Waals surface area contributed by atoms with Crippen LogP contribution >= 0.6 is 0 Å². The minimum atomic E-state index is -0.302. The minimum Gasteiger partial charge on any atom is -0.386 e. The molecule has 0 aliphatic rings. The summed E-state index contributed by atoms with van der Waals surface area (Å²) in [5.41, 5.74) is 1.71. The van der Waals surface area contributed by atoms with Crippen LogP contribution in [0.3, 0.4) is 0 Å². The Balaban J connectivity index is 1.68. The quantitative estimate of drug-likeness (QED) is 0.655. The summed E-state index contributed by atoms with van der Waals surface area (Å²) >= 11 is 0. The van der Waals surface area contributed by atoms with Crippen molar-refractivity contribution in [2.24, 2.45) is 5.16 Å². The van der Waals surface area contributed by atoms with Gasteiger partial charge in [0.1, 0.15) is 5.82 Å². The van der Waals surface area contributed by atoms with Crippen LogP contribution in [0, 0.1) is 5.82 Å². The molecule has 0 aliphatic carbocycles. The number of hydrogen-bond donors (Lipinski definition) is 1. The maximum absolute atomic E-state index is 12.7. The Bertz CT molecular complexity index is 597. The van der Waals surface area contributed by atoms with Gasteiger partial charge in [-0.3, -0.25) is 4.79 Å². The minimum absolute atomic E-state index is 0.162. The van der Waals surface area contributed by atoms with Gasteiger partial charge >= 0.3 is 0 Å². The van der Waals surface area contributed by atoms with E-state index >= 15 is 0 Å². The number of rotatable bonds is 6. The zero-order chi connectivity index (χ0) is 14.9. The molecule has 0 aromatic heterocycles. The summed E-state index contributed by atoms with van der Waals surface area (Å²) in [7, 11) is 0. The van der Waals surface area contributed by atoms with E-state index < -0.39 is 0 Å². The van der Waals surface area contributed by atoms with Crippen molar-refractivity contribution >= 4 is 12.1 Å². The molecule has 0 spiro atoms. The lowest BCUT2D eigenvalue weighted by molar-refractivity contribution is -0.125. The molecule has 0 saturated carbocycles. The van der Waals surface area contributed by atoms with Gasteiger partial charge in [-0.05, 0) is 23.3 Å². The van der Waals surface area contributed by atoms with Crippen molar-refractivity contribution < 1.29 is 14.0 Å². The average Bonchev–Trinajstić information content (AvgIpc) is 2.52. The number of benzene rings is 2. The molecular formula is C16H15FN2O2. The normalized spacial score (nSPS) is 10.5. The summed E-state index contributed by atoms with van der Waals surface area (Å²) in [6.07, 6.45) is 1.53. The molecule has 2 rings (SSSR count). The van der Waals surface area contributed by atoms with Crippen molar-refractivity contribution in [2.75, 3.05) is 6.61 Å². The first kappa shape index (κ1) is 14.7. The molecule has 4 nitrogen and oxygen atoms in total. The first-order valence-electron chi connectivity index (χ1n) is 6.45. The van der Waals surface area contributed by atoms with Crippen LogP contribution in [0.2, 0.25) is 0 Å². The fourth-order valence-corrected chi connectivity index (χ4v) is 1.59. The first-order valence-corrected chi connectivity index (χ1v) is 6.45. The van der Waals surface area contributed by atoms with Crippen LogP contribution in [0.4, 0.5) is 4.39 Å². The van der Waals surface area contributed by atoms with Crippen LogP contribution in [-0.2, 0) is 16.2 Å². The highest BCUT2D eigenvalue weighted by Gasteiger charge is 2.01. The largest absolute Gasteiger partial charge is 0.386 e. The molecule has 0 radical (unpaired) electrons. The molecule has 2 aromatic rings. The lowest BCUT2D eigenvalue weighted by Crippen LogP contribution is -2.26. The first-order chi connectivity index (χ1) is 10.2. The van der Waals surface area contributed by atoms with Crippen molar-refractivity contribution in [2.45, 2.75) is 6.54 Å². The lowest BCUT2D eigenvalue weighted by atomic mass is 10.2. The van der Waals surface area contributed by atoms with Gasteiger partial charge in [-0.1, -0.05) is 47.6 Å². The summed E-state index contributed by atoms with van der Waals surface area (Å²) in [6.45, 7) is 0.162. The van der Waals surface area contributed by atoms with Gasteiger partial charge in [0.2, 0.25) is 0 Å². The number of oxime groups is 1. The third-order valence-electron chi connectivity index (χ3n) is 2.67. The van der Waals surface area contributed by atoms with Gasteiger partial charge in [0, 0.05) is 6.54 Å². The number of nitrogens with zero attached hydrogens (tertiary/aromatic N) is 1. The van der Waals surface area contributed by atoms with Gasteiger partial charge in [-0.25, -0.2) is 4.39 Å². The van der Waals surface area contributed by atoms with Gasteiger partial charge < -0.3 is 10.2 Å². The number of amides is 1. The Morgan fingerprint density at radius 2 is 1.86 bits per heavy atom. The van der Waals surface area contributed by atoms with Crippen molar-refractivity contribution in [1.29, 1.82) is 0 Å². The number of carbonyl (C=O) groups is 1. The van der Waals surface area contributed by atoms with E-state index in [9.17, 15) is 9.18 Å². The second-order valence-corrected chi connectivity index (χ2v) is 4.32. The van der Waals surface area contributed by atoms with Crippen molar-refractivity contribution in [3.8, 4) is 0 Å². The molecule has 1 amide bonds. The van der Waals surface area contributed by atoms with Crippen molar-refractivity contribution in [1.82, 2.24) is 5.32 Å². The Hall–Kier alpha value is -2.69. The van der Waals surface area contributed by atoms with Crippen LogP contribution in [0.1, 0.15) is 11.1 Å². The summed E-state index contributed by atoms with van der Waals surface area (Å²) in [5.74, 6) is -0.590. The maximum atomic E-state index is 12.7. The van der Waals surface area contributed by atoms with E-state index in [1.54, 1.807) is 12.1 Å². The molecule has 0 heterocycles. The zero-order valence-electron chi connectivity index (χ0n) is 11.3. The van der Waals surface area contributed by atoms with E-state index in [0.29, 0.717) is 6.54 Å². The Labute approximate surface area is 122 Å². The van der Waals surface area contributed by atoms with E-state index in [4.69, 9.17) is 4.84 Å². The molecule has 0 saturated heterocycles. The highest BCUT2D eigenvalue weighted by molar-refractivity contribution is 5.79. The average molecular weight is 286 g/mol. The van der Waals surface area contributed by atoms with E-state index in [1.165, 1.54) is 18.3 Å². The van der Waals surface area contributed by atoms with Crippen LogP contribution < -0.4 is 5.32 Å². The molecule has 0 fully saturated rings. The number of nitrogens with one attached hydrogen (secondary N) is 1. The summed E-state index contributed by atoms with van der Waals surface area (Å²) in [5, 5.41) is 6.37. The Morgan fingerprint density at radius 1 is 1.14 bits per heavy atom. The predicted molar refractivity (Wildman–Crippen MR) is 78.2 cm³/mol. The zero-order valence-corrected chi connectivity index (χ0v) is 11.3. The molecule has 0 unspecified atom stereocenters. The lowest BCUT2D eigenvalue weighted by Gasteiger charge is -2.04. The van der Waals surface area contributed by atoms with Crippen molar-refractivity contribution in [3.05, 3.63) is 71.5 Å². The summed E-state index contributed by atoms with van der Waals surface area (Å²) in [4.78, 5) is 16.4. The van der Waals surface area contributed by atoms with Gasteiger partial charge in [0.15, 0.2) is 6.61 Å². The number of hydrogen-bond acceptors (Lipinski definition) is 3. The molecule has 108 valence electrons. The van der Waals surface area contributed by atoms with Gasteiger partial charge in [0.25, 0.3) is 5.91 Å². The SMILES string of the molecule is O=C(CO/N=C\c1ccccc1)NCc1ccc(F)cc1. The molecular weight excluding hydrogens is 271 g/mol. The molecule has 0 aliphatic heterocycles. The molecule has 2 aromatic carbocycles. The van der Waals surface area contributed by atoms with E-state index in [0.717, 1.165) is 11.1 Å². The van der Waals surface area contributed by atoms with Gasteiger partial charge in [0.05, 0.1) is 6.21 Å². The molecule has 1 N–H and O–H groups in total. The second kappa shape index (κ2) is 7.79. The Kier molecular flexibility index (Phi) is 5.46. The van der Waals surface area contributed by atoms with Gasteiger partial charge in [-0.2, -0.15) is 0 Å². The van der Waals surface area contributed by atoms with Crippen LogP contribution in [0.15, 0.2) is 59.8 Å². The smallest absolute Gasteiger partial charge is 0.261 e. The molecule has 21 heavy (non-hydrogen) atoms.